The number of ether oxygens (including phenoxy) is 6. The van der Waals surface area contributed by atoms with E-state index < -0.39 is 113 Å². The minimum atomic E-state index is -2.40. The van der Waals surface area contributed by atoms with Gasteiger partial charge < -0.3 is 43.7 Å². The quantitative estimate of drug-likeness (QED) is 0.140. The second-order valence-electron chi connectivity index (χ2n) is 17.6. The molecule has 4 aliphatic rings. The van der Waals surface area contributed by atoms with E-state index in [1.807, 2.05) is 0 Å². The van der Waals surface area contributed by atoms with Gasteiger partial charge in [0.1, 0.15) is 23.9 Å². The van der Waals surface area contributed by atoms with Crippen molar-refractivity contribution in [2.45, 2.75) is 115 Å². The van der Waals surface area contributed by atoms with E-state index in [1.54, 1.807) is 92.7 Å². The number of hydrogen-bond acceptors (Lipinski definition) is 15. The summed E-state index contributed by atoms with van der Waals surface area (Å²) in [6.45, 7) is 7.93. The van der Waals surface area contributed by atoms with Crippen molar-refractivity contribution in [3.63, 3.8) is 0 Å². The van der Waals surface area contributed by atoms with Gasteiger partial charge in [0.15, 0.2) is 29.7 Å². The topological polar surface area (TPSA) is 218 Å². The Morgan fingerprint density at radius 2 is 1.44 bits per heavy atom. The summed E-state index contributed by atoms with van der Waals surface area (Å²) in [6, 6.07) is 24.6. The number of benzene rings is 3. The minimum absolute atomic E-state index is 0.0150. The van der Waals surface area contributed by atoms with E-state index in [4.69, 9.17) is 28.4 Å². The van der Waals surface area contributed by atoms with E-state index in [0.29, 0.717) is 5.56 Å². The molecule has 0 aromatic heterocycles. The van der Waals surface area contributed by atoms with Crippen molar-refractivity contribution >= 4 is 35.6 Å². The molecule has 0 radical (unpaired) electrons. The summed E-state index contributed by atoms with van der Waals surface area (Å²) in [7, 11) is 0. The summed E-state index contributed by atoms with van der Waals surface area (Å²) in [5, 5.41) is 37.5. The molecule has 15 nitrogen and oxygen atoms in total. The Bertz CT molecular complexity index is 2290. The Kier molecular flexibility index (Phi) is 12.3. The predicted octanol–water partition coefficient (Wildman–Crippen LogP) is 4.09. The van der Waals surface area contributed by atoms with Crippen LogP contribution in [0.5, 0.6) is 0 Å². The molecule has 0 spiro atoms. The van der Waals surface area contributed by atoms with Gasteiger partial charge >= 0.3 is 29.8 Å². The van der Waals surface area contributed by atoms with Gasteiger partial charge in [-0.1, -0.05) is 92.7 Å². The number of aliphatic hydroxyl groups is 3. The highest BCUT2D eigenvalue weighted by atomic mass is 16.6. The van der Waals surface area contributed by atoms with Crippen molar-refractivity contribution in [2.24, 2.45) is 16.7 Å². The second kappa shape index (κ2) is 17.1. The van der Waals surface area contributed by atoms with E-state index in [9.17, 15) is 39.3 Å². The summed E-state index contributed by atoms with van der Waals surface area (Å²) >= 11 is 0. The van der Waals surface area contributed by atoms with Gasteiger partial charge in [0.05, 0.1) is 36.0 Å². The van der Waals surface area contributed by atoms with Crippen LogP contribution in [0.3, 0.4) is 0 Å². The lowest BCUT2D eigenvalue weighted by Gasteiger charge is -2.67. The highest BCUT2D eigenvalue weighted by Gasteiger charge is 2.78. The lowest BCUT2D eigenvalue weighted by atomic mass is 9.44. The van der Waals surface area contributed by atoms with Gasteiger partial charge in [0.25, 0.3) is 0 Å². The summed E-state index contributed by atoms with van der Waals surface area (Å²) in [4.78, 5) is 83.3. The average molecular weight is 869 g/mol. The van der Waals surface area contributed by atoms with Crippen LogP contribution in [0.2, 0.25) is 0 Å². The Balaban J connectivity index is 1.37. The van der Waals surface area contributed by atoms with Crippen molar-refractivity contribution in [3.8, 4) is 0 Å². The highest BCUT2D eigenvalue weighted by Crippen LogP contribution is 2.64. The smallest absolute Gasteiger partial charge is 0.339 e. The second-order valence-corrected chi connectivity index (χ2v) is 17.6. The molecule has 3 aliphatic carbocycles. The lowest BCUT2D eigenvalue weighted by Crippen LogP contribution is -2.82. The number of carbonyl (C=O) groups is 6. The number of aliphatic hydroxyl groups excluding tert-OH is 2. The molecule has 1 aliphatic heterocycles. The fourth-order valence-electron chi connectivity index (χ4n) is 10.3. The third kappa shape index (κ3) is 7.85. The average Bonchev–Trinajstić information content (AvgIpc) is 3.24. The van der Waals surface area contributed by atoms with Crippen LogP contribution in [0.25, 0.3) is 0 Å². The maximum atomic E-state index is 15.5. The summed E-state index contributed by atoms with van der Waals surface area (Å²) in [6.07, 6.45) is -12.4. The molecule has 0 amide bonds. The SMILES string of the molecule is CC(=O)O[C@H]1C(=O)[C@]2(C)[C@@H](O)C[C@H]3OCC3(OC(C)=O)[C@@H]2[C@@H](OC(=O)c2ccccc2)[C@]2(O)C[C@@H](OC(=O)[C@H](O)[C@@H](OC(=O)Cc3ccccc3)c3ccccc3)C(C)=C1C2(C)C. The Hall–Kier alpha value is -5.74. The molecule has 3 aromatic carbocycles. The van der Waals surface area contributed by atoms with Crippen LogP contribution in [0.1, 0.15) is 82.0 Å². The Labute approximate surface area is 364 Å². The summed E-state index contributed by atoms with van der Waals surface area (Å²) in [5.41, 5.74) is -6.82. The first-order valence-electron chi connectivity index (χ1n) is 20.8. The van der Waals surface area contributed by atoms with Crippen LogP contribution >= 0.6 is 0 Å². The molecule has 3 aromatic rings. The van der Waals surface area contributed by atoms with E-state index in [1.165, 1.54) is 26.0 Å². The van der Waals surface area contributed by atoms with Gasteiger partial charge in [-0.15, -0.1) is 0 Å². The lowest BCUT2D eigenvalue weighted by molar-refractivity contribution is -0.346. The molecule has 334 valence electrons. The largest absolute Gasteiger partial charge is 0.456 e. The minimum Gasteiger partial charge on any atom is -0.456 e. The van der Waals surface area contributed by atoms with E-state index in [-0.39, 0.29) is 41.7 Å². The van der Waals surface area contributed by atoms with Gasteiger partial charge in [-0.25, -0.2) is 9.59 Å². The Morgan fingerprint density at radius 3 is 2.02 bits per heavy atom. The molecule has 2 bridgehead atoms. The number of rotatable bonds is 11. The zero-order chi connectivity index (χ0) is 45.6. The summed E-state index contributed by atoms with van der Waals surface area (Å²) in [5.74, 6) is -7.08. The fourth-order valence-corrected chi connectivity index (χ4v) is 10.3. The molecular weight excluding hydrogens is 817 g/mol. The molecule has 1 saturated heterocycles. The van der Waals surface area contributed by atoms with Crippen LogP contribution in [0, 0.1) is 16.7 Å². The molecule has 63 heavy (non-hydrogen) atoms. The normalized spacial score (nSPS) is 31.5. The van der Waals surface area contributed by atoms with Crippen molar-refractivity contribution < 1.29 is 72.5 Å². The standard InChI is InChI=1S/C48H52O15/c1-26-32(60-44(56)37(53)38(30-18-12-8-13-19-30)61-35(52)22-29-16-10-7-11-17-29)24-48(57)42(62-43(55)31-20-14-9-15-21-31)40-46(6,33(51)23-34-47(40,25-58-34)63-28(3)50)41(54)39(59-27(2)49)36(26)45(48,4)5/h7-21,32-34,37-40,42,51,53,57H,22-25H2,1-6H3/t32-,33+,34-,37-,38+,39-,40-,42-,46-,47?,48-/m1/s1. The van der Waals surface area contributed by atoms with Gasteiger partial charge in [0, 0.05) is 32.1 Å². The molecule has 11 atom stereocenters. The third-order valence-electron chi connectivity index (χ3n) is 13.5. The van der Waals surface area contributed by atoms with E-state index >= 15 is 4.79 Å². The number of hydrogen-bond donors (Lipinski definition) is 3. The molecule has 1 heterocycles. The zero-order valence-corrected chi connectivity index (χ0v) is 35.8. The van der Waals surface area contributed by atoms with Crippen molar-refractivity contribution in [1.82, 2.24) is 0 Å². The number of esters is 5. The van der Waals surface area contributed by atoms with Gasteiger partial charge in [0.2, 0.25) is 0 Å². The first-order valence-corrected chi connectivity index (χ1v) is 20.8. The molecule has 2 saturated carbocycles. The third-order valence-corrected chi connectivity index (χ3v) is 13.5. The monoisotopic (exact) mass is 868 g/mol. The Morgan fingerprint density at radius 1 is 0.841 bits per heavy atom. The molecule has 3 fully saturated rings. The number of ketones is 1. The summed E-state index contributed by atoms with van der Waals surface area (Å²) < 4.78 is 36.0. The van der Waals surface area contributed by atoms with Crippen LogP contribution in [-0.2, 0) is 58.8 Å². The van der Waals surface area contributed by atoms with Crippen LogP contribution in [-0.4, -0.2) is 105 Å². The van der Waals surface area contributed by atoms with E-state index in [0.717, 1.165) is 13.8 Å². The maximum Gasteiger partial charge on any atom is 0.339 e. The predicted molar refractivity (Wildman–Crippen MR) is 220 cm³/mol. The maximum absolute atomic E-state index is 15.5. The van der Waals surface area contributed by atoms with Gasteiger partial charge in [-0.05, 0) is 48.3 Å². The van der Waals surface area contributed by atoms with Crippen LogP contribution < -0.4 is 0 Å². The molecule has 7 rings (SSSR count). The number of carbonyl (C=O) groups excluding carboxylic acids is 6. The van der Waals surface area contributed by atoms with Gasteiger partial charge in [-0.3, -0.25) is 19.2 Å². The first kappa shape index (κ1) is 45.3. The number of Topliss-reactive ketones (excluding diaryl/α,β-unsaturated/α-hetero) is 1. The molecular formula is C48H52O15. The molecule has 3 N–H and O–H groups in total. The van der Waals surface area contributed by atoms with Crippen molar-refractivity contribution in [1.29, 1.82) is 0 Å². The zero-order valence-electron chi connectivity index (χ0n) is 35.8. The van der Waals surface area contributed by atoms with Crippen LogP contribution in [0.15, 0.2) is 102 Å². The fraction of sp³-hybridized carbons (Fsp3) is 0.458. The highest BCUT2D eigenvalue weighted by molar-refractivity contribution is 5.95. The van der Waals surface area contributed by atoms with Gasteiger partial charge in [-0.2, -0.15) is 0 Å². The number of fused-ring (bicyclic) bond motifs is 5. The van der Waals surface area contributed by atoms with Crippen LogP contribution in [0.4, 0.5) is 0 Å². The van der Waals surface area contributed by atoms with E-state index in [2.05, 4.69) is 0 Å². The van der Waals surface area contributed by atoms with Crippen molar-refractivity contribution in [2.75, 3.05) is 6.61 Å². The molecule has 15 heteroatoms. The molecule has 1 unspecified atom stereocenters. The first-order chi connectivity index (χ1) is 29.8. The van der Waals surface area contributed by atoms with Crippen molar-refractivity contribution in [3.05, 3.63) is 119 Å².